The summed E-state index contributed by atoms with van der Waals surface area (Å²) in [7, 11) is 0. The molecule has 0 saturated carbocycles. The van der Waals surface area contributed by atoms with Crippen molar-refractivity contribution in [2.24, 2.45) is 0 Å². The monoisotopic (exact) mass is 317 g/mol. The Morgan fingerprint density at radius 3 is 2.90 bits per heavy atom. The average molecular weight is 317 g/mol. The van der Waals surface area contributed by atoms with Crippen LogP contribution < -0.4 is 5.32 Å². The molecule has 1 aliphatic rings. The molecular formula is C13H7N3OS3. The van der Waals surface area contributed by atoms with Crippen molar-refractivity contribution in [3.8, 4) is 6.07 Å². The number of carbonyl (C=O) groups is 1. The molecule has 0 spiro atoms. The number of nitriles is 1. The summed E-state index contributed by atoms with van der Waals surface area (Å²) in [5.41, 5.74) is 0.866. The minimum Gasteiger partial charge on any atom is -0.307 e. The molecule has 1 aromatic heterocycles. The molecule has 3 rings (SSSR count). The van der Waals surface area contributed by atoms with E-state index in [1.807, 2.05) is 24.3 Å². The molecule has 98 valence electrons. The standard InChI is InChI=1S/C13H7N3OS3/c14-6-7(5-10-11(17)16-13(18)20-10)12-15-8-3-1-2-4-9(8)19-12/h1-5,7H,(H,16,17,18)/b10-5+/t7-/m0/s1. The molecule has 0 bridgehead atoms. The van der Waals surface area contributed by atoms with Gasteiger partial charge >= 0.3 is 0 Å². The molecule has 1 atom stereocenters. The third-order valence-corrected chi connectivity index (χ3v) is 4.98. The third kappa shape index (κ3) is 2.45. The third-order valence-electron chi connectivity index (χ3n) is 2.68. The van der Waals surface area contributed by atoms with Crippen LogP contribution in [-0.2, 0) is 4.79 Å². The van der Waals surface area contributed by atoms with Gasteiger partial charge in [0.2, 0.25) is 0 Å². The Morgan fingerprint density at radius 2 is 2.25 bits per heavy atom. The molecule has 0 radical (unpaired) electrons. The Balaban J connectivity index is 1.98. The van der Waals surface area contributed by atoms with Crippen molar-refractivity contribution in [2.45, 2.75) is 5.92 Å². The highest BCUT2D eigenvalue weighted by atomic mass is 32.2. The number of para-hydroxylation sites is 1. The van der Waals surface area contributed by atoms with Gasteiger partial charge in [-0.05, 0) is 18.2 Å². The van der Waals surface area contributed by atoms with Crippen LogP contribution in [0.5, 0.6) is 0 Å². The van der Waals surface area contributed by atoms with Gasteiger partial charge in [0.15, 0.2) is 0 Å². The molecule has 20 heavy (non-hydrogen) atoms. The van der Waals surface area contributed by atoms with Crippen LogP contribution >= 0.6 is 35.3 Å². The van der Waals surface area contributed by atoms with Crippen molar-refractivity contribution < 1.29 is 4.79 Å². The van der Waals surface area contributed by atoms with Crippen LogP contribution in [-0.4, -0.2) is 15.2 Å². The van der Waals surface area contributed by atoms with Gasteiger partial charge in [0.1, 0.15) is 15.2 Å². The van der Waals surface area contributed by atoms with Gasteiger partial charge in [-0.2, -0.15) is 5.26 Å². The number of nitrogens with one attached hydrogen (secondary N) is 1. The lowest BCUT2D eigenvalue weighted by Gasteiger charge is -1.98. The first kappa shape index (κ1) is 13.2. The molecule has 7 heteroatoms. The molecular weight excluding hydrogens is 310 g/mol. The summed E-state index contributed by atoms with van der Waals surface area (Å²) < 4.78 is 1.45. The molecule has 0 unspecified atom stereocenters. The number of aromatic nitrogens is 1. The number of allylic oxidation sites excluding steroid dienone is 1. The Kier molecular flexibility index (Phi) is 3.53. The van der Waals surface area contributed by atoms with E-state index in [9.17, 15) is 10.1 Å². The lowest BCUT2D eigenvalue weighted by molar-refractivity contribution is -0.115. The van der Waals surface area contributed by atoms with Gasteiger partial charge in [-0.3, -0.25) is 4.79 Å². The number of rotatable bonds is 2. The van der Waals surface area contributed by atoms with E-state index in [2.05, 4.69) is 16.4 Å². The predicted molar refractivity (Wildman–Crippen MR) is 84.4 cm³/mol. The van der Waals surface area contributed by atoms with E-state index in [1.165, 1.54) is 23.1 Å². The zero-order valence-electron chi connectivity index (χ0n) is 9.99. The van der Waals surface area contributed by atoms with Crippen LogP contribution in [0.15, 0.2) is 35.2 Å². The van der Waals surface area contributed by atoms with Gasteiger partial charge in [0, 0.05) is 0 Å². The Labute approximate surface area is 128 Å². The highest BCUT2D eigenvalue weighted by molar-refractivity contribution is 8.26. The molecule has 2 aromatic rings. The number of carbonyl (C=O) groups excluding carboxylic acids is 1. The quantitative estimate of drug-likeness (QED) is 0.681. The number of benzene rings is 1. The van der Waals surface area contributed by atoms with E-state index in [4.69, 9.17) is 12.2 Å². The fraction of sp³-hybridized carbons (Fsp3) is 0.0769. The van der Waals surface area contributed by atoms with E-state index >= 15 is 0 Å². The van der Waals surface area contributed by atoms with Gasteiger partial charge < -0.3 is 5.32 Å². The summed E-state index contributed by atoms with van der Waals surface area (Å²) in [4.78, 5) is 16.5. The van der Waals surface area contributed by atoms with Gasteiger partial charge in [-0.25, -0.2) is 4.98 Å². The van der Waals surface area contributed by atoms with Gasteiger partial charge in [0.25, 0.3) is 5.91 Å². The van der Waals surface area contributed by atoms with E-state index in [-0.39, 0.29) is 5.91 Å². The van der Waals surface area contributed by atoms with E-state index in [0.717, 1.165) is 10.2 Å². The minimum atomic E-state index is -0.540. The van der Waals surface area contributed by atoms with Crippen molar-refractivity contribution >= 4 is 55.8 Å². The van der Waals surface area contributed by atoms with E-state index in [1.54, 1.807) is 6.08 Å². The number of amides is 1. The van der Waals surface area contributed by atoms with Crippen LogP contribution in [0.4, 0.5) is 0 Å². The number of thiazole rings is 1. The highest BCUT2D eigenvalue weighted by Gasteiger charge is 2.25. The van der Waals surface area contributed by atoms with Crippen LogP contribution in [0, 0.1) is 11.3 Å². The average Bonchev–Trinajstić information content (AvgIpc) is 2.99. The number of thioether (sulfide) groups is 1. The van der Waals surface area contributed by atoms with Crippen LogP contribution in [0.2, 0.25) is 0 Å². The number of fused-ring (bicyclic) bond motifs is 1. The van der Waals surface area contributed by atoms with Crippen LogP contribution in [0.3, 0.4) is 0 Å². The fourth-order valence-electron chi connectivity index (χ4n) is 1.77. The van der Waals surface area contributed by atoms with Crippen molar-refractivity contribution in [2.75, 3.05) is 0 Å². The minimum absolute atomic E-state index is 0.249. The maximum absolute atomic E-state index is 11.6. The van der Waals surface area contributed by atoms with Crippen molar-refractivity contribution in [3.63, 3.8) is 0 Å². The molecule has 2 heterocycles. The Hall–Kier alpha value is -1.75. The molecule has 1 amide bonds. The summed E-state index contributed by atoms with van der Waals surface area (Å²) in [6.45, 7) is 0. The Morgan fingerprint density at radius 1 is 1.45 bits per heavy atom. The first-order chi connectivity index (χ1) is 9.67. The molecule has 1 aromatic carbocycles. The highest BCUT2D eigenvalue weighted by Crippen LogP contribution is 2.32. The lowest BCUT2D eigenvalue weighted by Crippen LogP contribution is -2.17. The summed E-state index contributed by atoms with van der Waals surface area (Å²) in [6, 6.07) is 9.89. The molecule has 1 saturated heterocycles. The summed E-state index contributed by atoms with van der Waals surface area (Å²) >= 11 is 7.57. The SMILES string of the molecule is N#C[C@H](/C=C1/SC(=S)NC1=O)c1nc2ccccc2s1. The normalized spacial score (nSPS) is 18.2. The number of hydrogen-bond acceptors (Lipinski definition) is 6. The molecule has 0 aliphatic carbocycles. The zero-order valence-corrected chi connectivity index (χ0v) is 12.4. The number of thiocarbonyl (C=S) groups is 1. The van der Waals surface area contributed by atoms with Crippen molar-refractivity contribution in [1.29, 1.82) is 5.26 Å². The van der Waals surface area contributed by atoms with Gasteiger partial charge in [-0.15, -0.1) is 11.3 Å². The van der Waals surface area contributed by atoms with Crippen molar-refractivity contribution in [1.82, 2.24) is 10.3 Å². The predicted octanol–water partition coefficient (Wildman–Crippen LogP) is 2.94. The summed E-state index contributed by atoms with van der Waals surface area (Å²) in [5.74, 6) is -0.789. The number of nitrogens with zero attached hydrogens (tertiary/aromatic N) is 2. The largest absolute Gasteiger partial charge is 0.307 e. The van der Waals surface area contributed by atoms with Crippen LogP contribution in [0.1, 0.15) is 10.9 Å². The maximum atomic E-state index is 11.6. The maximum Gasteiger partial charge on any atom is 0.263 e. The van der Waals surface area contributed by atoms with Gasteiger partial charge in [-0.1, -0.05) is 36.1 Å². The Bertz CT molecular complexity index is 755. The second-order valence-electron chi connectivity index (χ2n) is 4.00. The molecule has 4 nitrogen and oxygen atoms in total. The topological polar surface area (TPSA) is 65.8 Å². The van der Waals surface area contributed by atoms with E-state index < -0.39 is 5.92 Å². The molecule has 1 fully saturated rings. The zero-order chi connectivity index (χ0) is 14.1. The first-order valence-corrected chi connectivity index (χ1v) is 7.71. The fourth-order valence-corrected chi connectivity index (χ4v) is 3.81. The second kappa shape index (κ2) is 5.32. The second-order valence-corrected chi connectivity index (χ2v) is 6.78. The van der Waals surface area contributed by atoms with E-state index in [0.29, 0.717) is 14.2 Å². The number of hydrogen-bond donors (Lipinski definition) is 1. The lowest BCUT2D eigenvalue weighted by atomic mass is 10.1. The van der Waals surface area contributed by atoms with Crippen LogP contribution in [0.25, 0.3) is 10.2 Å². The smallest absolute Gasteiger partial charge is 0.263 e. The first-order valence-electron chi connectivity index (χ1n) is 5.67. The van der Waals surface area contributed by atoms with Gasteiger partial charge in [0.05, 0.1) is 21.2 Å². The van der Waals surface area contributed by atoms with Crippen molar-refractivity contribution in [3.05, 3.63) is 40.3 Å². The molecule has 1 N–H and O–H groups in total. The molecule has 1 aliphatic heterocycles. The summed E-state index contributed by atoms with van der Waals surface area (Å²) in [5, 5.41) is 12.5. The summed E-state index contributed by atoms with van der Waals surface area (Å²) in [6.07, 6.45) is 1.62.